The minimum Gasteiger partial charge on any atom is -0.293 e. The Labute approximate surface area is 117 Å². The lowest BCUT2D eigenvalue weighted by Crippen LogP contribution is -2.26. The van der Waals surface area contributed by atoms with Crippen LogP contribution in [0.25, 0.3) is 0 Å². The molecule has 3 heteroatoms. The SMILES string of the molecule is O=C(c1ccccc1C1CCC1)C1CSCCS1. The zero-order valence-corrected chi connectivity index (χ0v) is 12.1. The molecule has 0 aromatic heterocycles. The van der Waals surface area contributed by atoms with Gasteiger partial charge >= 0.3 is 0 Å². The Morgan fingerprint density at radius 1 is 1.17 bits per heavy atom. The van der Waals surface area contributed by atoms with E-state index in [0.717, 1.165) is 17.1 Å². The Morgan fingerprint density at radius 3 is 2.67 bits per heavy atom. The Bertz CT molecular complexity index is 434. The highest BCUT2D eigenvalue weighted by molar-refractivity contribution is 8.07. The molecule has 0 spiro atoms. The summed E-state index contributed by atoms with van der Waals surface area (Å²) in [6.45, 7) is 0. The molecule has 0 bridgehead atoms. The van der Waals surface area contributed by atoms with Crippen molar-refractivity contribution in [2.45, 2.75) is 30.4 Å². The average molecular weight is 278 g/mol. The quantitative estimate of drug-likeness (QED) is 0.778. The van der Waals surface area contributed by atoms with Gasteiger partial charge in [0.15, 0.2) is 5.78 Å². The van der Waals surface area contributed by atoms with Crippen LogP contribution in [0.15, 0.2) is 24.3 Å². The van der Waals surface area contributed by atoms with Gasteiger partial charge in [-0.3, -0.25) is 4.79 Å². The molecule has 1 saturated heterocycles. The van der Waals surface area contributed by atoms with E-state index >= 15 is 0 Å². The van der Waals surface area contributed by atoms with Crippen LogP contribution in [0.1, 0.15) is 41.1 Å². The molecular weight excluding hydrogens is 260 g/mol. The predicted molar refractivity (Wildman–Crippen MR) is 80.9 cm³/mol. The summed E-state index contributed by atoms with van der Waals surface area (Å²) in [4.78, 5) is 12.6. The first-order chi connectivity index (χ1) is 8.86. The van der Waals surface area contributed by atoms with Crippen LogP contribution in [-0.4, -0.2) is 28.3 Å². The maximum Gasteiger partial charge on any atom is 0.176 e. The van der Waals surface area contributed by atoms with E-state index in [1.165, 1.54) is 30.6 Å². The maximum absolute atomic E-state index is 12.6. The van der Waals surface area contributed by atoms with Crippen molar-refractivity contribution in [3.63, 3.8) is 0 Å². The van der Waals surface area contributed by atoms with Crippen LogP contribution in [0.5, 0.6) is 0 Å². The standard InChI is InChI=1S/C15H18OS2/c16-15(14-10-17-8-9-18-14)13-7-2-1-6-12(13)11-4-3-5-11/h1-2,6-7,11,14H,3-5,8-10H2. The normalized spacial score (nSPS) is 24.6. The Hall–Kier alpha value is -0.410. The van der Waals surface area contributed by atoms with Crippen LogP contribution in [0.4, 0.5) is 0 Å². The fourth-order valence-electron chi connectivity index (χ4n) is 2.61. The lowest BCUT2D eigenvalue weighted by molar-refractivity contribution is 0.0993. The molecule has 2 fully saturated rings. The van der Waals surface area contributed by atoms with E-state index in [4.69, 9.17) is 0 Å². The molecule has 2 aliphatic rings. The lowest BCUT2D eigenvalue weighted by atomic mass is 9.77. The van der Waals surface area contributed by atoms with Gasteiger partial charge in [-0.2, -0.15) is 11.8 Å². The van der Waals surface area contributed by atoms with Gasteiger partial charge in [-0.1, -0.05) is 30.7 Å². The van der Waals surface area contributed by atoms with Crippen molar-refractivity contribution in [3.05, 3.63) is 35.4 Å². The molecule has 0 N–H and O–H groups in total. The molecule has 1 heterocycles. The molecular formula is C15H18OS2. The van der Waals surface area contributed by atoms with Crippen molar-refractivity contribution in [1.29, 1.82) is 0 Å². The summed E-state index contributed by atoms with van der Waals surface area (Å²) in [6.07, 6.45) is 3.84. The summed E-state index contributed by atoms with van der Waals surface area (Å²) in [7, 11) is 0. The van der Waals surface area contributed by atoms with Crippen molar-refractivity contribution >= 4 is 29.3 Å². The van der Waals surface area contributed by atoms with E-state index in [2.05, 4.69) is 12.1 Å². The third-order valence-electron chi connectivity index (χ3n) is 3.88. The molecule has 1 aromatic rings. The number of ketones is 1. The zero-order chi connectivity index (χ0) is 12.4. The summed E-state index contributed by atoms with van der Waals surface area (Å²) < 4.78 is 0. The molecule has 18 heavy (non-hydrogen) atoms. The molecule has 1 nitrogen and oxygen atoms in total. The van der Waals surface area contributed by atoms with Crippen molar-refractivity contribution in [1.82, 2.24) is 0 Å². The second-order valence-electron chi connectivity index (χ2n) is 5.01. The number of hydrogen-bond acceptors (Lipinski definition) is 3. The third kappa shape index (κ3) is 2.48. The number of hydrogen-bond donors (Lipinski definition) is 0. The van der Waals surface area contributed by atoms with Gasteiger partial charge < -0.3 is 0 Å². The van der Waals surface area contributed by atoms with Crippen LogP contribution in [0.2, 0.25) is 0 Å². The Balaban J connectivity index is 1.83. The van der Waals surface area contributed by atoms with Gasteiger partial charge in [0, 0.05) is 22.8 Å². The molecule has 1 unspecified atom stereocenters. The van der Waals surface area contributed by atoms with Gasteiger partial charge in [0.05, 0.1) is 5.25 Å². The molecule has 1 aliphatic heterocycles. The highest BCUT2D eigenvalue weighted by Gasteiger charge is 2.28. The van der Waals surface area contributed by atoms with E-state index in [1.54, 1.807) is 0 Å². The lowest BCUT2D eigenvalue weighted by Gasteiger charge is -2.29. The molecule has 0 radical (unpaired) electrons. The highest BCUT2D eigenvalue weighted by atomic mass is 32.2. The molecule has 1 saturated carbocycles. The van der Waals surface area contributed by atoms with Crippen LogP contribution < -0.4 is 0 Å². The molecule has 96 valence electrons. The van der Waals surface area contributed by atoms with Crippen LogP contribution in [-0.2, 0) is 0 Å². The molecule has 1 atom stereocenters. The van der Waals surface area contributed by atoms with Crippen molar-refractivity contribution in [2.24, 2.45) is 0 Å². The number of rotatable bonds is 3. The van der Waals surface area contributed by atoms with E-state index < -0.39 is 0 Å². The maximum atomic E-state index is 12.6. The second kappa shape index (κ2) is 5.70. The number of Topliss-reactive ketones (excluding diaryl/α,β-unsaturated/α-hetero) is 1. The van der Waals surface area contributed by atoms with Gasteiger partial charge in [-0.25, -0.2) is 0 Å². The minimum absolute atomic E-state index is 0.185. The first kappa shape index (κ1) is 12.6. The fourth-order valence-corrected chi connectivity index (χ4v) is 5.23. The summed E-state index contributed by atoms with van der Waals surface area (Å²) in [5, 5.41) is 0.185. The first-order valence-corrected chi connectivity index (χ1v) is 8.89. The van der Waals surface area contributed by atoms with Gasteiger partial charge in [0.2, 0.25) is 0 Å². The summed E-state index contributed by atoms with van der Waals surface area (Å²) in [5.74, 6) is 4.31. The molecule has 0 amide bonds. The van der Waals surface area contributed by atoms with E-state index in [1.807, 2.05) is 35.7 Å². The zero-order valence-electron chi connectivity index (χ0n) is 10.4. The number of benzene rings is 1. The number of carbonyl (C=O) groups excluding carboxylic acids is 1. The largest absolute Gasteiger partial charge is 0.293 e. The van der Waals surface area contributed by atoms with Gasteiger partial charge in [-0.15, -0.1) is 11.8 Å². The van der Waals surface area contributed by atoms with Crippen LogP contribution >= 0.6 is 23.5 Å². The van der Waals surface area contributed by atoms with Gasteiger partial charge in [0.1, 0.15) is 0 Å². The molecule has 1 aromatic carbocycles. The topological polar surface area (TPSA) is 17.1 Å². The summed E-state index contributed by atoms with van der Waals surface area (Å²) in [5.41, 5.74) is 2.31. The summed E-state index contributed by atoms with van der Waals surface area (Å²) in [6, 6.07) is 8.29. The van der Waals surface area contributed by atoms with Gasteiger partial charge in [0.25, 0.3) is 0 Å². The minimum atomic E-state index is 0.185. The monoisotopic (exact) mass is 278 g/mol. The fraction of sp³-hybridized carbons (Fsp3) is 0.533. The molecule has 1 aliphatic carbocycles. The van der Waals surface area contributed by atoms with Gasteiger partial charge in [-0.05, 0) is 24.3 Å². The van der Waals surface area contributed by atoms with E-state index in [-0.39, 0.29) is 5.25 Å². The number of thioether (sulfide) groups is 2. The van der Waals surface area contributed by atoms with Crippen LogP contribution in [0.3, 0.4) is 0 Å². The Morgan fingerprint density at radius 2 is 2.00 bits per heavy atom. The van der Waals surface area contributed by atoms with Crippen LogP contribution in [0, 0.1) is 0 Å². The summed E-state index contributed by atoms with van der Waals surface area (Å²) >= 11 is 3.76. The number of carbonyl (C=O) groups is 1. The first-order valence-electron chi connectivity index (χ1n) is 6.69. The highest BCUT2D eigenvalue weighted by Crippen LogP contribution is 2.39. The Kier molecular flexibility index (Phi) is 4.00. The van der Waals surface area contributed by atoms with E-state index in [9.17, 15) is 4.79 Å². The van der Waals surface area contributed by atoms with Crippen molar-refractivity contribution in [2.75, 3.05) is 17.3 Å². The predicted octanol–water partition coefficient (Wildman–Crippen LogP) is 3.99. The second-order valence-corrected chi connectivity index (χ2v) is 7.47. The van der Waals surface area contributed by atoms with Crippen molar-refractivity contribution < 1.29 is 4.79 Å². The van der Waals surface area contributed by atoms with E-state index in [0.29, 0.717) is 11.7 Å². The smallest absolute Gasteiger partial charge is 0.176 e. The van der Waals surface area contributed by atoms with Crippen molar-refractivity contribution in [3.8, 4) is 0 Å². The average Bonchev–Trinajstić information content (AvgIpc) is 2.38. The third-order valence-corrected chi connectivity index (χ3v) is 6.63. The molecule has 3 rings (SSSR count).